The molecule has 2 aromatic heterocycles. The van der Waals surface area contributed by atoms with Gasteiger partial charge in [0, 0.05) is 28.2 Å². The van der Waals surface area contributed by atoms with Crippen LogP contribution in [0.3, 0.4) is 0 Å². The Balaban J connectivity index is 1.61. The first-order chi connectivity index (χ1) is 14.8. The number of carbonyl (C=O) groups excluding carboxylic acids is 1. The molecule has 0 aliphatic rings. The van der Waals surface area contributed by atoms with Crippen molar-refractivity contribution in [1.29, 1.82) is 0 Å². The lowest BCUT2D eigenvalue weighted by Crippen LogP contribution is -2.31. The highest BCUT2D eigenvalue weighted by Gasteiger charge is 2.31. The number of aromatic amines is 1. The SMILES string of the molecule is O=C(NC(CO)c1nc(-c2c[nH]c3ccc(C(F)(F)F)cc23)no1)c1ccc(F)cc1. The number of aromatic nitrogens is 3. The summed E-state index contributed by atoms with van der Waals surface area (Å²) in [6.07, 6.45) is -3.08. The van der Waals surface area contributed by atoms with Gasteiger partial charge in [0.1, 0.15) is 11.9 Å². The third kappa shape index (κ3) is 4.12. The average Bonchev–Trinajstić information content (AvgIpc) is 3.38. The number of hydrogen-bond acceptors (Lipinski definition) is 5. The van der Waals surface area contributed by atoms with Crippen LogP contribution < -0.4 is 5.32 Å². The van der Waals surface area contributed by atoms with E-state index in [4.69, 9.17) is 4.52 Å². The second-order valence-electron chi connectivity index (χ2n) is 6.63. The minimum atomic E-state index is -4.52. The highest BCUT2D eigenvalue weighted by atomic mass is 19.4. The molecule has 2 aromatic carbocycles. The number of hydrogen-bond donors (Lipinski definition) is 3. The molecule has 0 saturated carbocycles. The van der Waals surface area contributed by atoms with Crippen molar-refractivity contribution in [3.63, 3.8) is 0 Å². The topological polar surface area (TPSA) is 104 Å². The molecule has 11 heteroatoms. The molecule has 0 spiro atoms. The van der Waals surface area contributed by atoms with Gasteiger partial charge in [-0.15, -0.1) is 0 Å². The second kappa shape index (κ2) is 7.84. The van der Waals surface area contributed by atoms with E-state index < -0.39 is 36.1 Å². The number of benzene rings is 2. The van der Waals surface area contributed by atoms with Gasteiger partial charge in [-0.1, -0.05) is 5.16 Å². The Morgan fingerprint density at radius 2 is 1.94 bits per heavy atom. The van der Waals surface area contributed by atoms with Crippen LogP contribution in [0.1, 0.15) is 27.9 Å². The monoisotopic (exact) mass is 434 g/mol. The van der Waals surface area contributed by atoms with Crippen LogP contribution in [-0.2, 0) is 6.18 Å². The van der Waals surface area contributed by atoms with Crippen LogP contribution >= 0.6 is 0 Å². The molecule has 7 nitrogen and oxygen atoms in total. The molecule has 1 amide bonds. The molecule has 31 heavy (non-hydrogen) atoms. The first kappa shape index (κ1) is 20.5. The summed E-state index contributed by atoms with van der Waals surface area (Å²) in [5, 5.41) is 16.1. The Labute approximate surface area is 171 Å². The van der Waals surface area contributed by atoms with E-state index in [0.29, 0.717) is 5.52 Å². The first-order valence-electron chi connectivity index (χ1n) is 8.96. The van der Waals surface area contributed by atoms with Crippen LogP contribution in [0.25, 0.3) is 22.3 Å². The van der Waals surface area contributed by atoms with E-state index in [-0.39, 0.29) is 28.2 Å². The van der Waals surface area contributed by atoms with Gasteiger partial charge in [-0.25, -0.2) is 4.39 Å². The Bertz CT molecular complexity index is 1230. The van der Waals surface area contributed by atoms with Crippen molar-refractivity contribution in [2.75, 3.05) is 6.61 Å². The summed E-state index contributed by atoms with van der Waals surface area (Å²) in [5.74, 6) is -1.28. The number of halogens is 4. The lowest BCUT2D eigenvalue weighted by atomic mass is 10.1. The van der Waals surface area contributed by atoms with E-state index in [1.165, 1.54) is 24.4 Å². The summed E-state index contributed by atoms with van der Waals surface area (Å²) in [4.78, 5) is 19.2. The molecule has 0 saturated heterocycles. The minimum Gasteiger partial charge on any atom is -0.394 e. The molecule has 0 radical (unpaired) electrons. The molecule has 4 aromatic rings. The molecule has 0 aliphatic heterocycles. The van der Waals surface area contributed by atoms with Gasteiger partial charge in [0.15, 0.2) is 0 Å². The Morgan fingerprint density at radius 1 is 1.19 bits per heavy atom. The van der Waals surface area contributed by atoms with Gasteiger partial charge in [0.25, 0.3) is 11.8 Å². The average molecular weight is 434 g/mol. The Kier molecular flexibility index (Phi) is 5.19. The van der Waals surface area contributed by atoms with Crippen molar-refractivity contribution < 1.29 is 32.0 Å². The Hall–Kier alpha value is -3.73. The van der Waals surface area contributed by atoms with E-state index in [0.717, 1.165) is 24.3 Å². The number of alkyl halides is 3. The molecule has 2 heterocycles. The van der Waals surface area contributed by atoms with E-state index in [1.54, 1.807) is 0 Å². The van der Waals surface area contributed by atoms with E-state index in [9.17, 15) is 27.5 Å². The maximum Gasteiger partial charge on any atom is 0.416 e. The fourth-order valence-corrected chi connectivity index (χ4v) is 3.00. The van der Waals surface area contributed by atoms with Crippen molar-refractivity contribution in [3.8, 4) is 11.4 Å². The van der Waals surface area contributed by atoms with Gasteiger partial charge in [0.2, 0.25) is 5.82 Å². The molecule has 160 valence electrons. The summed E-state index contributed by atoms with van der Waals surface area (Å²) >= 11 is 0. The number of nitrogens with one attached hydrogen (secondary N) is 2. The van der Waals surface area contributed by atoms with Crippen molar-refractivity contribution in [2.24, 2.45) is 0 Å². The number of H-pyrrole nitrogens is 1. The third-order valence-corrected chi connectivity index (χ3v) is 4.58. The smallest absolute Gasteiger partial charge is 0.394 e. The van der Waals surface area contributed by atoms with Gasteiger partial charge >= 0.3 is 6.18 Å². The normalized spacial score (nSPS) is 12.8. The number of aliphatic hydroxyl groups is 1. The zero-order chi connectivity index (χ0) is 22.2. The molecule has 1 atom stereocenters. The lowest BCUT2D eigenvalue weighted by molar-refractivity contribution is -0.137. The minimum absolute atomic E-state index is 0.0185. The quantitative estimate of drug-likeness (QED) is 0.414. The number of fused-ring (bicyclic) bond motifs is 1. The zero-order valence-corrected chi connectivity index (χ0v) is 15.6. The van der Waals surface area contributed by atoms with E-state index in [2.05, 4.69) is 20.4 Å². The van der Waals surface area contributed by atoms with Gasteiger partial charge in [-0.05, 0) is 42.5 Å². The van der Waals surface area contributed by atoms with Crippen LogP contribution in [0.2, 0.25) is 0 Å². The van der Waals surface area contributed by atoms with Gasteiger partial charge in [0.05, 0.1) is 12.2 Å². The number of amides is 1. The number of aliphatic hydroxyl groups excluding tert-OH is 1. The fourth-order valence-electron chi connectivity index (χ4n) is 3.00. The summed E-state index contributed by atoms with van der Waals surface area (Å²) in [6, 6.07) is 6.90. The van der Waals surface area contributed by atoms with Crippen LogP contribution in [0.4, 0.5) is 17.6 Å². The molecule has 0 aliphatic carbocycles. The first-order valence-corrected chi connectivity index (χ1v) is 8.96. The summed E-state index contributed by atoms with van der Waals surface area (Å²) in [5.41, 5.74) is 0.0237. The molecule has 1 unspecified atom stereocenters. The van der Waals surface area contributed by atoms with Crippen LogP contribution in [-0.4, -0.2) is 32.7 Å². The molecule has 3 N–H and O–H groups in total. The number of carbonyl (C=O) groups is 1. The molecular formula is C20H14F4N4O3. The van der Waals surface area contributed by atoms with Gasteiger partial charge < -0.3 is 19.9 Å². The second-order valence-corrected chi connectivity index (χ2v) is 6.63. The predicted molar refractivity (Wildman–Crippen MR) is 100 cm³/mol. The van der Waals surface area contributed by atoms with Crippen molar-refractivity contribution in [3.05, 3.63) is 71.5 Å². The van der Waals surface area contributed by atoms with E-state index in [1.807, 2.05) is 0 Å². The van der Waals surface area contributed by atoms with Crippen molar-refractivity contribution in [2.45, 2.75) is 12.2 Å². The molecule has 0 bridgehead atoms. The molecule has 0 fully saturated rings. The zero-order valence-electron chi connectivity index (χ0n) is 15.6. The number of nitrogens with zero attached hydrogens (tertiary/aromatic N) is 2. The van der Waals surface area contributed by atoms with Gasteiger partial charge in [-0.2, -0.15) is 18.2 Å². The van der Waals surface area contributed by atoms with Crippen LogP contribution in [0, 0.1) is 5.82 Å². The fraction of sp³-hybridized carbons (Fsp3) is 0.150. The van der Waals surface area contributed by atoms with Crippen molar-refractivity contribution >= 4 is 16.8 Å². The van der Waals surface area contributed by atoms with Crippen LogP contribution in [0.5, 0.6) is 0 Å². The predicted octanol–water partition coefficient (Wildman–Crippen LogP) is 3.84. The van der Waals surface area contributed by atoms with Crippen molar-refractivity contribution in [1.82, 2.24) is 20.4 Å². The maximum absolute atomic E-state index is 13.0. The lowest BCUT2D eigenvalue weighted by Gasteiger charge is -2.12. The van der Waals surface area contributed by atoms with E-state index >= 15 is 0 Å². The highest BCUT2D eigenvalue weighted by Crippen LogP contribution is 2.34. The maximum atomic E-state index is 13.0. The highest BCUT2D eigenvalue weighted by molar-refractivity contribution is 5.95. The molecule has 4 rings (SSSR count). The number of rotatable bonds is 5. The summed E-state index contributed by atoms with van der Waals surface area (Å²) in [6.45, 7) is -0.583. The summed E-state index contributed by atoms with van der Waals surface area (Å²) < 4.78 is 57.3. The largest absolute Gasteiger partial charge is 0.416 e. The summed E-state index contributed by atoms with van der Waals surface area (Å²) in [7, 11) is 0. The molecular weight excluding hydrogens is 420 g/mol. The van der Waals surface area contributed by atoms with Gasteiger partial charge in [-0.3, -0.25) is 4.79 Å². The van der Waals surface area contributed by atoms with Crippen LogP contribution in [0.15, 0.2) is 53.2 Å². The standard InChI is InChI=1S/C20H14F4N4O3/c21-12-4-1-10(2-5-12)18(30)26-16(9-29)19-27-17(28-31-19)14-8-25-15-6-3-11(7-13(14)15)20(22,23)24/h1-8,16,25,29H,9H2,(H,26,30). The third-order valence-electron chi connectivity index (χ3n) is 4.58. The Morgan fingerprint density at radius 3 is 2.61 bits per heavy atom.